The van der Waals surface area contributed by atoms with Crippen LogP contribution in [0.5, 0.6) is 5.75 Å². The number of carbonyl (C=O) groups is 4. The number of amides is 3. The van der Waals surface area contributed by atoms with Gasteiger partial charge in [0, 0.05) is 28.8 Å². The van der Waals surface area contributed by atoms with Crippen molar-refractivity contribution in [1.29, 1.82) is 0 Å². The van der Waals surface area contributed by atoms with Gasteiger partial charge in [0.05, 0.1) is 6.61 Å². The molecule has 34 heavy (non-hydrogen) atoms. The molecule has 3 amide bonds. The summed E-state index contributed by atoms with van der Waals surface area (Å²) in [6.07, 6.45) is -5.55. The first-order valence-corrected chi connectivity index (χ1v) is 10.3. The molecule has 0 bridgehead atoms. The highest BCUT2D eigenvalue weighted by atomic mass is 16.7. The Balaban J connectivity index is 1.75. The minimum Gasteiger partial charge on any atom is -0.480 e. The summed E-state index contributed by atoms with van der Waals surface area (Å²) in [5.41, 5.74) is 0.205. The van der Waals surface area contributed by atoms with E-state index in [2.05, 4.69) is 5.32 Å². The number of nitrogens with zero attached hydrogens (tertiary/aromatic N) is 1. The molecule has 1 fully saturated rings. The van der Waals surface area contributed by atoms with Crippen LogP contribution in [0.4, 0.5) is 0 Å². The summed E-state index contributed by atoms with van der Waals surface area (Å²) in [5.74, 6) is -3.27. The number of rotatable bonds is 6. The molecule has 2 aromatic carbocycles. The summed E-state index contributed by atoms with van der Waals surface area (Å²) in [4.78, 5) is 49.1. The maximum absolute atomic E-state index is 12.8. The number of hydrogen-bond donors (Lipinski definition) is 5. The van der Waals surface area contributed by atoms with Crippen molar-refractivity contribution in [3.8, 4) is 5.75 Å². The Bertz CT molecular complexity index is 1160. The molecule has 2 heterocycles. The Kier molecular flexibility index (Phi) is 6.23. The predicted octanol–water partition coefficient (Wildman–Crippen LogP) is -1.16. The van der Waals surface area contributed by atoms with Gasteiger partial charge in [0.25, 0.3) is 11.8 Å². The van der Waals surface area contributed by atoms with Crippen molar-refractivity contribution in [3.63, 3.8) is 0 Å². The topological polar surface area (TPSA) is 183 Å². The van der Waals surface area contributed by atoms with E-state index in [1.54, 1.807) is 6.07 Å². The van der Waals surface area contributed by atoms with Gasteiger partial charge < -0.3 is 35.2 Å². The number of nitrogens with one attached hydrogen (secondary N) is 1. The van der Waals surface area contributed by atoms with Crippen LogP contribution in [0.25, 0.3) is 10.8 Å². The monoisotopic (exact) mass is 474 g/mol. The second kappa shape index (κ2) is 8.99. The average Bonchev–Trinajstić information content (AvgIpc) is 2.80. The van der Waals surface area contributed by atoms with Crippen molar-refractivity contribution in [2.45, 2.75) is 37.6 Å². The molecule has 2 aliphatic heterocycles. The summed E-state index contributed by atoms with van der Waals surface area (Å²) in [5, 5.41) is 42.3. The SMILES string of the molecule is CC(=O)N[C@@H]1C(Oc2ccc3c4c(cccc24)C(=O)N(CC(=O)O)C3=O)O[C@@H](CO)[C@H](O)[C@H]1O. The van der Waals surface area contributed by atoms with Gasteiger partial charge in [0.15, 0.2) is 0 Å². The zero-order valence-electron chi connectivity index (χ0n) is 17.9. The molecule has 5 atom stereocenters. The Labute approximate surface area is 192 Å². The highest BCUT2D eigenvalue weighted by Crippen LogP contribution is 2.37. The molecule has 2 aliphatic rings. The fourth-order valence-electron chi connectivity index (χ4n) is 4.20. The number of ether oxygens (including phenoxy) is 2. The number of aliphatic carboxylic acids is 1. The average molecular weight is 474 g/mol. The second-order valence-electron chi connectivity index (χ2n) is 7.98. The van der Waals surface area contributed by atoms with E-state index in [9.17, 15) is 34.5 Å². The van der Waals surface area contributed by atoms with Crippen molar-refractivity contribution in [3.05, 3.63) is 41.5 Å². The lowest BCUT2D eigenvalue weighted by molar-refractivity contribution is -0.244. The number of aliphatic hydroxyl groups excluding tert-OH is 3. The third-order valence-corrected chi connectivity index (χ3v) is 5.74. The molecule has 0 spiro atoms. The molecule has 2 aromatic rings. The fourth-order valence-corrected chi connectivity index (χ4v) is 4.20. The van der Waals surface area contributed by atoms with Crippen molar-refractivity contribution in [2.24, 2.45) is 0 Å². The summed E-state index contributed by atoms with van der Waals surface area (Å²) >= 11 is 0. The van der Waals surface area contributed by atoms with E-state index in [0.717, 1.165) is 0 Å². The van der Waals surface area contributed by atoms with Crippen LogP contribution in [0.2, 0.25) is 0 Å². The van der Waals surface area contributed by atoms with Gasteiger partial charge in [-0.3, -0.25) is 24.1 Å². The highest BCUT2D eigenvalue weighted by molar-refractivity contribution is 6.26. The minimum absolute atomic E-state index is 0.102. The van der Waals surface area contributed by atoms with Gasteiger partial charge in [0.2, 0.25) is 12.2 Å². The summed E-state index contributed by atoms with van der Waals surface area (Å²) in [6.45, 7) is -0.212. The number of carboxylic acids is 1. The van der Waals surface area contributed by atoms with Crippen LogP contribution in [0.15, 0.2) is 30.3 Å². The number of carboxylic acid groups (broad SMARTS) is 1. The predicted molar refractivity (Wildman–Crippen MR) is 113 cm³/mol. The normalized spacial score (nSPS) is 26.5. The minimum atomic E-state index is -1.52. The van der Waals surface area contributed by atoms with Crippen LogP contribution in [-0.2, 0) is 14.3 Å². The third kappa shape index (κ3) is 3.96. The van der Waals surface area contributed by atoms with Gasteiger partial charge in [-0.1, -0.05) is 12.1 Å². The third-order valence-electron chi connectivity index (χ3n) is 5.74. The zero-order chi connectivity index (χ0) is 24.7. The van der Waals surface area contributed by atoms with E-state index < -0.39 is 67.5 Å². The molecule has 0 saturated carbocycles. The van der Waals surface area contributed by atoms with Crippen LogP contribution < -0.4 is 10.1 Å². The first kappa shape index (κ1) is 23.6. The van der Waals surface area contributed by atoms with Gasteiger partial charge >= 0.3 is 5.97 Å². The van der Waals surface area contributed by atoms with Gasteiger partial charge in [-0.25, -0.2) is 0 Å². The zero-order valence-corrected chi connectivity index (χ0v) is 17.9. The number of hydrogen-bond acceptors (Lipinski definition) is 9. The van der Waals surface area contributed by atoms with E-state index in [-0.39, 0.29) is 22.3 Å². The first-order valence-electron chi connectivity index (χ1n) is 10.3. The molecule has 12 nitrogen and oxygen atoms in total. The maximum Gasteiger partial charge on any atom is 0.323 e. The van der Waals surface area contributed by atoms with Crippen LogP contribution >= 0.6 is 0 Å². The lowest BCUT2D eigenvalue weighted by Crippen LogP contribution is -2.65. The van der Waals surface area contributed by atoms with E-state index in [1.807, 2.05) is 0 Å². The van der Waals surface area contributed by atoms with Gasteiger partial charge in [-0.2, -0.15) is 0 Å². The first-order chi connectivity index (χ1) is 16.1. The molecule has 1 unspecified atom stereocenters. The molecule has 4 rings (SSSR count). The Morgan fingerprint density at radius 2 is 1.76 bits per heavy atom. The van der Waals surface area contributed by atoms with Crippen molar-refractivity contribution < 1.29 is 49.1 Å². The molecular weight excluding hydrogens is 452 g/mol. The lowest BCUT2D eigenvalue weighted by Gasteiger charge is -2.42. The Morgan fingerprint density at radius 1 is 1.09 bits per heavy atom. The Morgan fingerprint density at radius 3 is 2.38 bits per heavy atom. The molecular formula is C22H22N2O10. The number of aliphatic hydroxyl groups is 3. The maximum atomic E-state index is 12.8. The van der Waals surface area contributed by atoms with Gasteiger partial charge in [-0.05, 0) is 18.2 Å². The van der Waals surface area contributed by atoms with Crippen molar-refractivity contribution in [2.75, 3.05) is 13.2 Å². The fraction of sp³-hybridized carbons (Fsp3) is 0.364. The van der Waals surface area contributed by atoms with E-state index in [0.29, 0.717) is 10.3 Å². The summed E-state index contributed by atoms with van der Waals surface area (Å²) in [7, 11) is 0. The standard InChI is InChI=1S/C22H22N2O10/c1-9(26)23-17-19(30)18(29)14(8-25)34-22(17)33-13-6-5-12-16-10(13)3-2-4-11(16)20(31)24(21(12)32)7-15(27)28/h2-6,14,17-19,22,25,29-30H,7-8H2,1H3,(H,23,26)(H,27,28)/t14-,17-,18-,19-,22?/m0/s1. The highest BCUT2D eigenvalue weighted by Gasteiger charge is 2.46. The lowest BCUT2D eigenvalue weighted by atomic mass is 9.93. The van der Waals surface area contributed by atoms with Crippen molar-refractivity contribution in [1.82, 2.24) is 10.2 Å². The molecule has 5 N–H and O–H groups in total. The molecule has 0 aliphatic carbocycles. The van der Waals surface area contributed by atoms with Crippen LogP contribution in [0.3, 0.4) is 0 Å². The molecule has 0 aromatic heterocycles. The second-order valence-corrected chi connectivity index (χ2v) is 7.98. The smallest absolute Gasteiger partial charge is 0.323 e. The molecule has 180 valence electrons. The van der Waals surface area contributed by atoms with E-state index in [1.165, 1.54) is 31.2 Å². The molecule has 1 saturated heterocycles. The van der Waals surface area contributed by atoms with E-state index >= 15 is 0 Å². The number of benzene rings is 2. The Hall–Kier alpha value is -3.58. The van der Waals surface area contributed by atoms with Gasteiger partial charge in [0.1, 0.15) is 36.6 Å². The quantitative estimate of drug-likeness (QED) is 0.320. The van der Waals surface area contributed by atoms with Crippen molar-refractivity contribution >= 4 is 34.5 Å². The van der Waals surface area contributed by atoms with Crippen LogP contribution in [0, 0.1) is 0 Å². The van der Waals surface area contributed by atoms with E-state index in [4.69, 9.17) is 14.6 Å². The number of imide groups is 1. The largest absolute Gasteiger partial charge is 0.480 e. The summed E-state index contributed by atoms with van der Waals surface area (Å²) in [6, 6.07) is 6.15. The number of carbonyl (C=O) groups excluding carboxylic acids is 3. The van der Waals surface area contributed by atoms with Crippen LogP contribution in [-0.4, -0.2) is 92.8 Å². The summed E-state index contributed by atoms with van der Waals surface area (Å²) < 4.78 is 11.5. The van der Waals surface area contributed by atoms with Crippen LogP contribution in [0.1, 0.15) is 27.6 Å². The molecule has 0 radical (unpaired) electrons. The molecule has 12 heteroatoms. The van der Waals surface area contributed by atoms with Gasteiger partial charge in [-0.15, -0.1) is 0 Å².